The molecule has 0 heterocycles. The van der Waals surface area contributed by atoms with E-state index >= 15 is 0 Å². The standard InChI is InChI=1S/C7H17N3O3S/c1-2-3-4-9-7(11)10-5-6-14(8,12)13/h2-6H2,1H3,(H2,8,12,13)(H2,9,10,11). The highest BCUT2D eigenvalue weighted by molar-refractivity contribution is 7.89. The Hall–Kier alpha value is -0.820. The fourth-order valence-corrected chi connectivity index (χ4v) is 1.13. The molecule has 14 heavy (non-hydrogen) atoms. The lowest BCUT2D eigenvalue weighted by atomic mass is 10.3. The van der Waals surface area contributed by atoms with Crippen LogP contribution in [-0.2, 0) is 10.0 Å². The molecule has 0 aromatic rings. The molecule has 0 saturated heterocycles. The van der Waals surface area contributed by atoms with Crippen molar-refractivity contribution < 1.29 is 13.2 Å². The van der Waals surface area contributed by atoms with E-state index in [1.165, 1.54) is 0 Å². The number of nitrogens with two attached hydrogens (primary N) is 1. The van der Waals surface area contributed by atoms with Gasteiger partial charge >= 0.3 is 6.03 Å². The molecule has 0 unspecified atom stereocenters. The molecule has 0 atom stereocenters. The van der Waals surface area contributed by atoms with Crippen molar-refractivity contribution in [1.29, 1.82) is 0 Å². The smallest absolute Gasteiger partial charge is 0.314 e. The number of hydrogen-bond donors (Lipinski definition) is 3. The largest absolute Gasteiger partial charge is 0.338 e. The Morgan fingerprint density at radius 3 is 2.36 bits per heavy atom. The number of hydrogen-bond acceptors (Lipinski definition) is 3. The zero-order chi connectivity index (χ0) is 11.0. The Balaban J connectivity index is 3.45. The average Bonchev–Trinajstić information content (AvgIpc) is 2.02. The zero-order valence-corrected chi connectivity index (χ0v) is 9.06. The molecule has 0 rings (SSSR count). The number of urea groups is 1. The highest BCUT2D eigenvalue weighted by Gasteiger charge is 2.03. The van der Waals surface area contributed by atoms with E-state index in [1.807, 2.05) is 6.92 Å². The van der Waals surface area contributed by atoms with Crippen LogP contribution in [0.1, 0.15) is 19.8 Å². The van der Waals surface area contributed by atoms with Crippen molar-refractivity contribution in [3.8, 4) is 0 Å². The van der Waals surface area contributed by atoms with Crippen molar-refractivity contribution in [3.05, 3.63) is 0 Å². The van der Waals surface area contributed by atoms with Gasteiger partial charge in [-0.2, -0.15) is 0 Å². The van der Waals surface area contributed by atoms with Gasteiger partial charge in [-0.15, -0.1) is 0 Å². The van der Waals surface area contributed by atoms with Gasteiger partial charge in [-0.25, -0.2) is 18.4 Å². The second kappa shape index (κ2) is 6.61. The highest BCUT2D eigenvalue weighted by atomic mass is 32.2. The predicted octanol–water partition coefficient (Wildman–Crippen LogP) is -0.626. The molecule has 84 valence electrons. The summed E-state index contributed by atoms with van der Waals surface area (Å²) in [5, 5.41) is 9.72. The number of unbranched alkanes of at least 4 members (excludes halogenated alkanes) is 1. The first-order chi connectivity index (χ1) is 6.45. The zero-order valence-electron chi connectivity index (χ0n) is 8.25. The predicted molar refractivity (Wildman–Crippen MR) is 54.3 cm³/mol. The third-order valence-electron chi connectivity index (χ3n) is 1.49. The van der Waals surface area contributed by atoms with Crippen molar-refractivity contribution >= 4 is 16.1 Å². The molecule has 7 heteroatoms. The van der Waals surface area contributed by atoms with Crippen LogP contribution in [0.25, 0.3) is 0 Å². The fourth-order valence-electron chi connectivity index (χ4n) is 0.748. The molecule has 0 radical (unpaired) electrons. The van der Waals surface area contributed by atoms with Crippen molar-refractivity contribution in [2.45, 2.75) is 19.8 Å². The number of carbonyl (C=O) groups is 1. The van der Waals surface area contributed by atoms with Gasteiger partial charge in [-0.05, 0) is 6.42 Å². The third-order valence-corrected chi connectivity index (χ3v) is 2.26. The van der Waals surface area contributed by atoms with Crippen molar-refractivity contribution in [2.24, 2.45) is 5.14 Å². The summed E-state index contributed by atoms with van der Waals surface area (Å²) in [6.45, 7) is 2.65. The van der Waals surface area contributed by atoms with Crippen LogP contribution >= 0.6 is 0 Å². The first-order valence-electron chi connectivity index (χ1n) is 4.48. The molecule has 0 bridgehead atoms. The van der Waals surface area contributed by atoms with Crippen LogP contribution in [0.15, 0.2) is 0 Å². The first-order valence-corrected chi connectivity index (χ1v) is 6.19. The maximum atomic E-state index is 10.9. The number of carbonyl (C=O) groups excluding carboxylic acids is 1. The minimum atomic E-state index is -3.49. The van der Waals surface area contributed by atoms with Crippen molar-refractivity contribution in [1.82, 2.24) is 10.6 Å². The number of nitrogens with one attached hydrogen (secondary N) is 2. The summed E-state index contributed by atoms with van der Waals surface area (Å²) in [7, 11) is -3.49. The van der Waals surface area contributed by atoms with Gasteiger partial charge in [0.2, 0.25) is 10.0 Å². The van der Waals surface area contributed by atoms with Crippen molar-refractivity contribution in [2.75, 3.05) is 18.8 Å². The normalized spacial score (nSPS) is 11.0. The lowest BCUT2D eigenvalue weighted by molar-refractivity contribution is 0.241. The Labute approximate surface area is 84.3 Å². The van der Waals surface area contributed by atoms with E-state index in [1.54, 1.807) is 0 Å². The Morgan fingerprint density at radius 1 is 1.29 bits per heavy atom. The molecule has 0 fully saturated rings. The van der Waals surface area contributed by atoms with Gasteiger partial charge in [-0.3, -0.25) is 0 Å². The molecule has 0 aromatic carbocycles. The van der Waals surface area contributed by atoms with Gasteiger partial charge < -0.3 is 10.6 Å². The molecule has 0 aromatic heterocycles. The SMILES string of the molecule is CCCCNC(=O)NCCS(N)(=O)=O. The maximum absolute atomic E-state index is 10.9. The Kier molecular flexibility index (Phi) is 6.22. The molecule has 0 aliphatic carbocycles. The summed E-state index contributed by atoms with van der Waals surface area (Å²) < 4.78 is 21.0. The Bertz CT molecular complexity index is 263. The Morgan fingerprint density at radius 2 is 1.86 bits per heavy atom. The fraction of sp³-hybridized carbons (Fsp3) is 0.857. The van der Waals surface area contributed by atoms with E-state index in [9.17, 15) is 13.2 Å². The van der Waals surface area contributed by atoms with Crippen LogP contribution in [-0.4, -0.2) is 33.3 Å². The molecule has 0 aliphatic rings. The second-order valence-electron chi connectivity index (χ2n) is 2.90. The quantitative estimate of drug-likeness (QED) is 0.523. The third kappa shape index (κ3) is 9.27. The summed E-state index contributed by atoms with van der Waals surface area (Å²) >= 11 is 0. The summed E-state index contributed by atoms with van der Waals surface area (Å²) in [6, 6.07) is -0.359. The van der Waals surface area contributed by atoms with E-state index in [4.69, 9.17) is 5.14 Å². The molecular weight excluding hydrogens is 206 g/mol. The molecule has 2 amide bonds. The van der Waals surface area contributed by atoms with E-state index in [2.05, 4.69) is 10.6 Å². The summed E-state index contributed by atoms with van der Waals surface area (Å²) in [5.41, 5.74) is 0. The minimum absolute atomic E-state index is 0.0385. The van der Waals surface area contributed by atoms with Crippen LogP contribution in [0.5, 0.6) is 0 Å². The second-order valence-corrected chi connectivity index (χ2v) is 4.64. The molecule has 4 N–H and O–H groups in total. The van der Waals surface area contributed by atoms with E-state index < -0.39 is 10.0 Å². The number of amides is 2. The summed E-state index contributed by atoms with van der Waals surface area (Å²) in [6.07, 6.45) is 1.90. The van der Waals surface area contributed by atoms with Gasteiger partial charge in [0, 0.05) is 13.1 Å². The number of rotatable bonds is 6. The monoisotopic (exact) mass is 223 g/mol. The summed E-state index contributed by atoms with van der Waals surface area (Å²) in [4.78, 5) is 10.9. The van der Waals surface area contributed by atoms with Crippen molar-refractivity contribution in [3.63, 3.8) is 0 Å². The first kappa shape index (κ1) is 13.2. The average molecular weight is 223 g/mol. The highest BCUT2D eigenvalue weighted by Crippen LogP contribution is 1.82. The number of primary sulfonamides is 1. The minimum Gasteiger partial charge on any atom is -0.338 e. The number of sulfonamides is 1. The maximum Gasteiger partial charge on any atom is 0.314 e. The molecule has 0 aliphatic heterocycles. The van der Waals surface area contributed by atoms with E-state index in [0.717, 1.165) is 12.8 Å². The van der Waals surface area contributed by atoms with Crippen LogP contribution in [0.2, 0.25) is 0 Å². The lowest BCUT2D eigenvalue weighted by Crippen LogP contribution is -2.39. The van der Waals surface area contributed by atoms with Gasteiger partial charge in [0.05, 0.1) is 5.75 Å². The van der Waals surface area contributed by atoms with Gasteiger partial charge in [0.15, 0.2) is 0 Å². The van der Waals surface area contributed by atoms with Gasteiger partial charge in [-0.1, -0.05) is 13.3 Å². The van der Waals surface area contributed by atoms with Gasteiger partial charge in [0.1, 0.15) is 0 Å². The molecule has 6 nitrogen and oxygen atoms in total. The van der Waals surface area contributed by atoms with Gasteiger partial charge in [0.25, 0.3) is 0 Å². The van der Waals surface area contributed by atoms with Crippen LogP contribution in [0.4, 0.5) is 4.79 Å². The topological polar surface area (TPSA) is 101 Å². The van der Waals surface area contributed by atoms with Crippen LogP contribution in [0, 0.1) is 0 Å². The molecule has 0 spiro atoms. The van der Waals surface area contributed by atoms with Crippen LogP contribution in [0.3, 0.4) is 0 Å². The van der Waals surface area contributed by atoms with E-state index in [-0.39, 0.29) is 18.3 Å². The lowest BCUT2D eigenvalue weighted by Gasteiger charge is -2.05. The summed E-state index contributed by atoms with van der Waals surface area (Å²) in [5.74, 6) is -0.242. The van der Waals surface area contributed by atoms with E-state index in [0.29, 0.717) is 6.54 Å². The molecular formula is C7H17N3O3S. The van der Waals surface area contributed by atoms with Crippen LogP contribution < -0.4 is 15.8 Å². The molecule has 0 saturated carbocycles.